The number of aromatic nitrogens is 1. The van der Waals surface area contributed by atoms with Gasteiger partial charge in [-0.25, -0.2) is 13.4 Å². The number of thiazole rings is 1. The lowest BCUT2D eigenvalue weighted by atomic mass is 10.0. The van der Waals surface area contributed by atoms with Gasteiger partial charge in [0.2, 0.25) is 15.2 Å². The first-order valence-corrected chi connectivity index (χ1v) is 13.2. The molecule has 0 bridgehead atoms. The van der Waals surface area contributed by atoms with E-state index in [0.717, 1.165) is 24.0 Å². The van der Waals surface area contributed by atoms with Crippen molar-refractivity contribution in [2.75, 3.05) is 18.5 Å². The lowest BCUT2D eigenvalue weighted by Gasteiger charge is -2.29. The van der Waals surface area contributed by atoms with Gasteiger partial charge in [-0.1, -0.05) is 48.3 Å². The van der Waals surface area contributed by atoms with Crippen molar-refractivity contribution in [1.82, 2.24) is 9.29 Å². The molecular weight excluding hydrogens is 487 g/mol. The average molecular weight is 509 g/mol. The first-order valence-electron chi connectivity index (χ1n) is 10.1. The smallest absolute Gasteiger partial charge is 0.243 e. The van der Waals surface area contributed by atoms with Crippen LogP contribution in [0.2, 0.25) is 10.0 Å². The second-order valence-corrected chi connectivity index (χ2v) is 11.3. The van der Waals surface area contributed by atoms with Crippen molar-refractivity contribution in [3.05, 3.63) is 63.5 Å². The van der Waals surface area contributed by atoms with E-state index in [1.54, 1.807) is 46.9 Å². The molecule has 0 amide bonds. The highest BCUT2D eigenvalue weighted by Gasteiger charge is 2.28. The minimum atomic E-state index is -3.51. The van der Waals surface area contributed by atoms with E-state index in [9.17, 15) is 8.42 Å². The standard InChI is InChI=1S/C22H22Cl2N4O2S2/c1-15-7-9-28(10-8-15)32(29,30)19-4-2-3-16(11-19)21-14-31-22(26-21)27-25-13-17-5-6-18(23)12-20(17)24/h2-6,11-15H,7-10H2,1H3,(H,26,27)/b25-13+. The minimum Gasteiger partial charge on any atom is -0.253 e. The van der Waals surface area contributed by atoms with Crippen LogP contribution in [0.4, 0.5) is 5.13 Å². The Labute approximate surface area is 201 Å². The Morgan fingerprint density at radius 3 is 2.72 bits per heavy atom. The molecule has 0 atom stereocenters. The molecule has 1 aliphatic rings. The van der Waals surface area contributed by atoms with Gasteiger partial charge in [-0.2, -0.15) is 9.41 Å². The summed E-state index contributed by atoms with van der Waals surface area (Å²) in [5, 5.41) is 7.68. The molecule has 2 aromatic carbocycles. The van der Waals surface area contributed by atoms with Gasteiger partial charge in [0.05, 0.1) is 21.8 Å². The third-order valence-electron chi connectivity index (χ3n) is 5.34. The summed E-state index contributed by atoms with van der Waals surface area (Å²) >= 11 is 13.4. The molecule has 10 heteroatoms. The zero-order valence-electron chi connectivity index (χ0n) is 17.3. The second kappa shape index (κ2) is 9.89. The fraction of sp³-hybridized carbons (Fsp3) is 0.273. The van der Waals surface area contributed by atoms with Gasteiger partial charge in [-0.15, -0.1) is 11.3 Å². The lowest BCUT2D eigenvalue weighted by Crippen LogP contribution is -2.37. The number of hydrogen-bond donors (Lipinski definition) is 1. The second-order valence-electron chi connectivity index (χ2n) is 7.69. The van der Waals surface area contributed by atoms with Crippen molar-refractivity contribution in [2.45, 2.75) is 24.7 Å². The Hall–Kier alpha value is -1.97. The zero-order chi connectivity index (χ0) is 22.7. The molecule has 1 aliphatic heterocycles. The molecule has 168 valence electrons. The topological polar surface area (TPSA) is 74.7 Å². The molecule has 0 unspecified atom stereocenters. The number of rotatable bonds is 6. The van der Waals surface area contributed by atoms with Crippen LogP contribution >= 0.6 is 34.5 Å². The predicted octanol–water partition coefficient (Wildman–Crippen LogP) is 5.98. The Kier molecular flexibility index (Phi) is 7.17. The number of nitrogens with zero attached hydrogens (tertiary/aromatic N) is 3. The van der Waals surface area contributed by atoms with Crippen molar-refractivity contribution in [2.24, 2.45) is 11.0 Å². The van der Waals surface area contributed by atoms with Gasteiger partial charge in [0.1, 0.15) is 0 Å². The fourth-order valence-electron chi connectivity index (χ4n) is 3.41. The minimum absolute atomic E-state index is 0.294. The zero-order valence-corrected chi connectivity index (χ0v) is 20.5. The number of nitrogens with one attached hydrogen (secondary N) is 1. The Morgan fingerprint density at radius 1 is 1.19 bits per heavy atom. The molecule has 2 heterocycles. The Balaban J connectivity index is 1.48. The largest absolute Gasteiger partial charge is 0.253 e. The van der Waals surface area contributed by atoms with Gasteiger partial charge in [-0.3, -0.25) is 5.43 Å². The molecule has 1 aromatic heterocycles. The Bertz CT molecular complexity index is 1240. The molecule has 0 radical (unpaired) electrons. The monoisotopic (exact) mass is 508 g/mol. The molecule has 3 aromatic rings. The summed E-state index contributed by atoms with van der Waals surface area (Å²) < 4.78 is 27.7. The van der Waals surface area contributed by atoms with Crippen LogP contribution in [0.1, 0.15) is 25.3 Å². The third kappa shape index (κ3) is 5.32. The molecule has 6 nitrogen and oxygen atoms in total. The van der Waals surface area contributed by atoms with Crippen LogP contribution in [0.3, 0.4) is 0 Å². The normalized spacial score (nSPS) is 16.0. The first-order chi connectivity index (χ1) is 15.3. The van der Waals surface area contributed by atoms with E-state index in [1.807, 2.05) is 11.4 Å². The van der Waals surface area contributed by atoms with Crippen LogP contribution in [0.5, 0.6) is 0 Å². The van der Waals surface area contributed by atoms with Crippen LogP contribution in [-0.4, -0.2) is 37.0 Å². The van der Waals surface area contributed by atoms with Crippen molar-refractivity contribution >= 4 is 55.9 Å². The third-order valence-corrected chi connectivity index (χ3v) is 8.54. The summed E-state index contributed by atoms with van der Waals surface area (Å²) in [6, 6.07) is 12.1. The maximum atomic E-state index is 13.1. The van der Waals surface area contributed by atoms with Crippen LogP contribution < -0.4 is 5.43 Å². The van der Waals surface area contributed by atoms with Crippen LogP contribution in [0.25, 0.3) is 11.3 Å². The van der Waals surface area contributed by atoms with Gasteiger partial charge in [-0.05, 0) is 43.0 Å². The molecule has 1 saturated heterocycles. The van der Waals surface area contributed by atoms with Gasteiger partial charge >= 0.3 is 0 Å². The average Bonchev–Trinajstić information content (AvgIpc) is 3.25. The summed E-state index contributed by atoms with van der Waals surface area (Å²) in [4.78, 5) is 4.82. The molecule has 0 aliphatic carbocycles. The molecule has 1 N–H and O–H groups in total. The number of piperidine rings is 1. The lowest BCUT2D eigenvalue weighted by molar-refractivity contribution is 0.288. The number of hydrogen-bond acceptors (Lipinski definition) is 6. The highest BCUT2D eigenvalue weighted by atomic mass is 35.5. The van der Waals surface area contributed by atoms with Gasteiger partial charge in [0, 0.05) is 34.6 Å². The van der Waals surface area contributed by atoms with E-state index in [2.05, 4.69) is 22.4 Å². The van der Waals surface area contributed by atoms with Gasteiger partial charge in [0.25, 0.3) is 0 Å². The van der Waals surface area contributed by atoms with E-state index in [0.29, 0.717) is 44.8 Å². The SMILES string of the molecule is CC1CCN(S(=O)(=O)c2cccc(-c3csc(N/N=C/c4ccc(Cl)cc4Cl)n3)c2)CC1. The number of benzene rings is 2. The highest BCUT2D eigenvalue weighted by molar-refractivity contribution is 7.89. The van der Waals surface area contributed by atoms with Crippen molar-refractivity contribution < 1.29 is 8.42 Å². The summed E-state index contributed by atoms with van der Waals surface area (Å²) in [7, 11) is -3.51. The highest BCUT2D eigenvalue weighted by Crippen LogP contribution is 2.29. The van der Waals surface area contributed by atoms with Crippen molar-refractivity contribution in [3.63, 3.8) is 0 Å². The van der Waals surface area contributed by atoms with E-state index in [1.165, 1.54) is 11.3 Å². The summed E-state index contributed by atoms with van der Waals surface area (Å²) in [5.41, 5.74) is 5.03. The molecule has 4 rings (SSSR count). The summed E-state index contributed by atoms with van der Waals surface area (Å²) in [6.07, 6.45) is 3.37. The van der Waals surface area contributed by atoms with Crippen molar-refractivity contribution in [1.29, 1.82) is 0 Å². The maximum absolute atomic E-state index is 13.1. The number of hydrazone groups is 1. The number of halogens is 2. The van der Waals surface area contributed by atoms with E-state index < -0.39 is 10.0 Å². The van der Waals surface area contributed by atoms with Crippen LogP contribution in [0.15, 0.2) is 57.8 Å². The van der Waals surface area contributed by atoms with Crippen molar-refractivity contribution in [3.8, 4) is 11.3 Å². The summed E-state index contributed by atoms with van der Waals surface area (Å²) in [5.74, 6) is 0.562. The first kappa shape index (κ1) is 23.2. The fourth-order valence-corrected chi connectivity index (χ4v) is 6.05. The molecule has 0 spiro atoms. The molecular formula is C22H22Cl2N4O2S2. The van der Waals surface area contributed by atoms with Gasteiger partial charge < -0.3 is 0 Å². The van der Waals surface area contributed by atoms with E-state index >= 15 is 0 Å². The number of sulfonamides is 1. The van der Waals surface area contributed by atoms with E-state index in [-0.39, 0.29) is 0 Å². The predicted molar refractivity (Wildman–Crippen MR) is 132 cm³/mol. The quantitative estimate of drug-likeness (QED) is 0.328. The summed E-state index contributed by atoms with van der Waals surface area (Å²) in [6.45, 7) is 3.29. The maximum Gasteiger partial charge on any atom is 0.243 e. The molecule has 0 saturated carbocycles. The number of anilines is 1. The molecule has 1 fully saturated rings. The van der Waals surface area contributed by atoms with E-state index in [4.69, 9.17) is 23.2 Å². The van der Waals surface area contributed by atoms with Crippen LogP contribution in [0, 0.1) is 5.92 Å². The van der Waals surface area contributed by atoms with Gasteiger partial charge in [0.15, 0.2) is 0 Å². The van der Waals surface area contributed by atoms with Crippen LogP contribution in [-0.2, 0) is 10.0 Å². The Morgan fingerprint density at radius 2 is 1.97 bits per heavy atom. The molecule has 32 heavy (non-hydrogen) atoms.